The third-order valence-corrected chi connectivity index (χ3v) is 3.90. The maximum atomic E-state index is 12.4. The Balaban J connectivity index is 1.85. The summed E-state index contributed by atoms with van der Waals surface area (Å²) >= 11 is 0. The summed E-state index contributed by atoms with van der Waals surface area (Å²) in [6.45, 7) is 2.07. The Bertz CT molecular complexity index is 851. The fourth-order valence-electron chi connectivity index (χ4n) is 2.58. The van der Waals surface area contributed by atoms with Crippen LogP contribution < -0.4 is 10.1 Å². The van der Waals surface area contributed by atoms with E-state index in [0.717, 1.165) is 34.7 Å². The molecule has 3 aromatic rings. The Morgan fingerprint density at radius 2 is 1.96 bits per heavy atom. The van der Waals surface area contributed by atoms with Crippen LogP contribution in [0.1, 0.15) is 23.1 Å². The first-order valence-corrected chi connectivity index (χ1v) is 7.53. The Morgan fingerprint density at radius 3 is 2.61 bits per heavy atom. The second-order valence-electron chi connectivity index (χ2n) is 5.33. The summed E-state index contributed by atoms with van der Waals surface area (Å²) in [5, 5.41) is 2.88. The molecule has 0 saturated carbocycles. The zero-order valence-corrected chi connectivity index (χ0v) is 13.5. The monoisotopic (exact) mass is 309 g/mol. The van der Waals surface area contributed by atoms with Crippen molar-refractivity contribution in [1.29, 1.82) is 0 Å². The molecule has 0 fully saturated rings. The first kappa shape index (κ1) is 15.1. The highest BCUT2D eigenvalue weighted by atomic mass is 16.5. The molecule has 0 spiro atoms. The van der Waals surface area contributed by atoms with Gasteiger partial charge in [-0.3, -0.25) is 4.79 Å². The van der Waals surface area contributed by atoms with Crippen molar-refractivity contribution >= 4 is 22.6 Å². The van der Waals surface area contributed by atoms with Crippen molar-refractivity contribution in [2.75, 3.05) is 12.4 Å². The van der Waals surface area contributed by atoms with Crippen molar-refractivity contribution in [2.45, 2.75) is 13.3 Å². The van der Waals surface area contributed by atoms with E-state index in [2.05, 4.69) is 21.8 Å². The molecule has 1 aromatic heterocycles. The van der Waals surface area contributed by atoms with Crippen LogP contribution in [0.3, 0.4) is 0 Å². The Morgan fingerprint density at radius 1 is 1.22 bits per heavy atom. The minimum absolute atomic E-state index is 0.152. The van der Waals surface area contributed by atoms with Crippen LogP contribution in [0.2, 0.25) is 0 Å². The average molecular weight is 309 g/mol. The number of nitrogens with one attached hydrogen (secondary N) is 1. The first-order valence-electron chi connectivity index (χ1n) is 7.53. The van der Waals surface area contributed by atoms with Crippen LogP contribution in [0.5, 0.6) is 5.75 Å². The molecule has 0 atom stereocenters. The Hall–Kier alpha value is -2.82. The van der Waals surface area contributed by atoms with E-state index in [4.69, 9.17) is 4.74 Å². The quantitative estimate of drug-likeness (QED) is 0.803. The van der Waals surface area contributed by atoms with E-state index in [9.17, 15) is 4.79 Å². The van der Waals surface area contributed by atoms with Gasteiger partial charge in [0.2, 0.25) is 0 Å². The van der Waals surface area contributed by atoms with E-state index in [0.29, 0.717) is 5.56 Å². The van der Waals surface area contributed by atoms with E-state index < -0.39 is 0 Å². The van der Waals surface area contributed by atoms with Crippen molar-refractivity contribution in [3.63, 3.8) is 0 Å². The summed E-state index contributed by atoms with van der Waals surface area (Å²) < 4.78 is 7.16. The summed E-state index contributed by atoms with van der Waals surface area (Å²) in [4.78, 5) is 17.0. The molecule has 0 aliphatic rings. The molecule has 23 heavy (non-hydrogen) atoms. The molecule has 1 N–H and O–H groups in total. The molecular weight excluding hydrogens is 290 g/mol. The van der Waals surface area contributed by atoms with Crippen molar-refractivity contribution in [1.82, 2.24) is 9.55 Å². The molecule has 5 heteroatoms. The molecule has 5 nitrogen and oxygen atoms in total. The average Bonchev–Trinajstić information content (AvgIpc) is 2.91. The van der Waals surface area contributed by atoms with E-state index in [1.807, 2.05) is 49.5 Å². The number of nitrogens with zero attached hydrogens (tertiary/aromatic N) is 2. The van der Waals surface area contributed by atoms with Crippen molar-refractivity contribution < 1.29 is 9.53 Å². The maximum Gasteiger partial charge on any atom is 0.255 e. The number of carbonyl (C=O) groups excluding carboxylic acids is 1. The number of hydrogen-bond acceptors (Lipinski definition) is 3. The smallest absolute Gasteiger partial charge is 0.255 e. The fourth-order valence-corrected chi connectivity index (χ4v) is 2.58. The van der Waals surface area contributed by atoms with Crippen LogP contribution in [-0.2, 0) is 13.5 Å². The van der Waals surface area contributed by atoms with Gasteiger partial charge in [-0.2, -0.15) is 0 Å². The third-order valence-electron chi connectivity index (χ3n) is 3.90. The van der Waals surface area contributed by atoms with Crippen molar-refractivity contribution in [3.8, 4) is 5.75 Å². The van der Waals surface area contributed by atoms with Gasteiger partial charge in [-0.1, -0.05) is 6.92 Å². The van der Waals surface area contributed by atoms with Gasteiger partial charge in [-0.05, 0) is 42.5 Å². The molecular formula is C18H19N3O2. The van der Waals surface area contributed by atoms with Crippen LogP contribution in [-0.4, -0.2) is 22.6 Å². The summed E-state index contributed by atoms with van der Waals surface area (Å²) in [6, 6.07) is 12.8. The number of benzene rings is 2. The zero-order valence-electron chi connectivity index (χ0n) is 13.5. The number of anilines is 1. The van der Waals surface area contributed by atoms with Crippen molar-refractivity contribution in [2.24, 2.45) is 7.05 Å². The highest BCUT2D eigenvalue weighted by molar-refractivity contribution is 6.06. The van der Waals surface area contributed by atoms with Crippen LogP contribution in [0.25, 0.3) is 11.0 Å². The largest absolute Gasteiger partial charge is 0.497 e. The van der Waals surface area contributed by atoms with Gasteiger partial charge >= 0.3 is 0 Å². The number of rotatable bonds is 4. The van der Waals surface area contributed by atoms with Crippen LogP contribution in [0.15, 0.2) is 42.5 Å². The first-order chi connectivity index (χ1) is 11.1. The molecule has 1 heterocycles. The number of imidazole rings is 1. The summed E-state index contributed by atoms with van der Waals surface area (Å²) in [5.41, 5.74) is 3.19. The number of amides is 1. The van der Waals surface area contributed by atoms with Gasteiger partial charge in [-0.15, -0.1) is 0 Å². The van der Waals surface area contributed by atoms with E-state index in [1.54, 1.807) is 7.11 Å². The van der Waals surface area contributed by atoms with Gasteiger partial charge in [-0.25, -0.2) is 4.98 Å². The fraction of sp³-hybridized carbons (Fsp3) is 0.222. The number of ether oxygens (including phenoxy) is 1. The SMILES string of the molecule is CCc1nc2cc(C(=O)Nc3ccc(OC)cc3)ccc2n1C. The Kier molecular flexibility index (Phi) is 4.02. The molecule has 0 aliphatic carbocycles. The lowest BCUT2D eigenvalue weighted by Gasteiger charge is -2.06. The van der Waals surface area contributed by atoms with Gasteiger partial charge in [0.15, 0.2) is 0 Å². The summed E-state index contributed by atoms with van der Waals surface area (Å²) in [5.74, 6) is 1.61. The minimum atomic E-state index is -0.152. The van der Waals surface area contributed by atoms with E-state index in [-0.39, 0.29) is 5.91 Å². The third kappa shape index (κ3) is 2.90. The van der Waals surface area contributed by atoms with Crippen LogP contribution >= 0.6 is 0 Å². The predicted octanol–water partition coefficient (Wildman–Crippen LogP) is 3.40. The van der Waals surface area contributed by atoms with Crippen LogP contribution in [0, 0.1) is 0 Å². The lowest BCUT2D eigenvalue weighted by molar-refractivity contribution is 0.102. The molecule has 1 amide bonds. The molecule has 2 aromatic carbocycles. The Labute approximate surface area is 134 Å². The molecule has 3 rings (SSSR count). The van der Waals surface area contributed by atoms with Gasteiger partial charge in [0.1, 0.15) is 11.6 Å². The lowest BCUT2D eigenvalue weighted by atomic mass is 10.2. The number of fused-ring (bicyclic) bond motifs is 1. The van der Waals surface area contributed by atoms with Gasteiger partial charge in [0.05, 0.1) is 18.1 Å². The number of methoxy groups -OCH3 is 1. The number of carbonyl (C=O) groups is 1. The normalized spacial score (nSPS) is 10.7. The molecule has 0 unspecified atom stereocenters. The molecule has 0 aliphatic heterocycles. The van der Waals surface area contributed by atoms with Gasteiger partial charge in [0.25, 0.3) is 5.91 Å². The highest BCUT2D eigenvalue weighted by Gasteiger charge is 2.11. The zero-order chi connectivity index (χ0) is 16.4. The molecule has 0 saturated heterocycles. The second kappa shape index (κ2) is 6.12. The standard InChI is InChI=1S/C18H19N3O2/c1-4-17-20-15-11-12(5-10-16(15)21(17)2)18(22)19-13-6-8-14(23-3)9-7-13/h5-11H,4H2,1-3H3,(H,19,22). The van der Waals surface area contributed by atoms with Crippen LogP contribution in [0.4, 0.5) is 5.69 Å². The molecule has 0 radical (unpaired) electrons. The lowest BCUT2D eigenvalue weighted by Crippen LogP contribution is -2.11. The molecule has 118 valence electrons. The number of aryl methyl sites for hydroxylation is 2. The number of hydrogen-bond donors (Lipinski definition) is 1. The minimum Gasteiger partial charge on any atom is -0.497 e. The predicted molar refractivity (Wildman–Crippen MR) is 91.0 cm³/mol. The van der Waals surface area contributed by atoms with Gasteiger partial charge < -0.3 is 14.6 Å². The second-order valence-corrected chi connectivity index (χ2v) is 5.33. The topological polar surface area (TPSA) is 56.1 Å². The summed E-state index contributed by atoms with van der Waals surface area (Å²) in [7, 11) is 3.60. The highest BCUT2D eigenvalue weighted by Crippen LogP contribution is 2.19. The summed E-state index contributed by atoms with van der Waals surface area (Å²) in [6.07, 6.45) is 0.860. The van der Waals surface area contributed by atoms with Crippen molar-refractivity contribution in [3.05, 3.63) is 53.9 Å². The van der Waals surface area contributed by atoms with E-state index in [1.165, 1.54) is 0 Å². The van der Waals surface area contributed by atoms with Gasteiger partial charge in [0, 0.05) is 24.7 Å². The maximum absolute atomic E-state index is 12.4. The van der Waals surface area contributed by atoms with E-state index >= 15 is 0 Å². The number of aromatic nitrogens is 2. The molecule has 0 bridgehead atoms.